The Labute approximate surface area is 189 Å². The number of carbonyl (C=O) groups excluding carboxylic acids is 2. The molecule has 0 saturated heterocycles. The fourth-order valence-corrected chi connectivity index (χ4v) is 3.50. The van der Waals surface area contributed by atoms with Crippen LogP contribution in [0.25, 0.3) is 6.08 Å². The molecule has 2 N–H and O–H groups in total. The Hall–Kier alpha value is -3.67. The van der Waals surface area contributed by atoms with Crippen LogP contribution in [0.4, 0.5) is 5.69 Å². The maximum atomic E-state index is 12.2. The Morgan fingerprint density at radius 2 is 1.75 bits per heavy atom. The molecule has 0 unspecified atom stereocenters. The number of benzene rings is 2. The first-order valence-corrected chi connectivity index (χ1v) is 10.8. The predicted molar refractivity (Wildman–Crippen MR) is 128 cm³/mol. The summed E-state index contributed by atoms with van der Waals surface area (Å²) < 4.78 is 1.94. The van der Waals surface area contributed by atoms with Gasteiger partial charge in [-0.3, -0.25) is 14.3 Å². The summed E-state index contributed by atoms with van der Waals surface area (Å²) in [6.07, 6.45) is 4.02. The lowest BCUT2D eigenvalue weighted by Gasteiger charge is -2.09. The van der Waals surface area contributed by atoms with Gasteiger partial charge >= 0.3 is 0 Å². The topological polar surface area (TPSA) is 76.0 Å². The van der Waals surface area contributed by atoms with Crippen molar-refractivity contribution in [2.45, 2.75) is 40.7 Å². The van der Waals surface area contributed by atoms with Crippen LogP contribution in [0.15, 0.2) is 54.6 Å². The Kier molecular flexibility index (Phi) is 7.60. The molecule has 0 fully saturated rings. The van der Waals surface area contributed by atoms with Crippen LogP contribution < -0.4 is 10.6 Å². The number of hydrogen-bond acceptors (Lipinski definition) is 3. The third-order valence-corrected chi connectivity index (χ3v) is 5.39. The molecule has 2 amide bonds. The molecule has 0 radical (unpaired) electrons. The number of para-hydroxylation sites is 1. The molecule has 6 heteroatoms. The van der Waals surface area contributed by atoms with E-state index in [-0.39, 0.29) is 18.4 Å². The number of nitrogens with zero attached hydrogens (tertiary/aromatic N) is 2. The highest BCUT2D eigenvalue weighted by molar-refractivity contribution is 5.98. The van der Waals surface area contributed by atoms with Crippen LogP contribution in [0.3, 0.4) is 0 Å². The second-order valence-corrected chi connectivity index (χ2v) is 7.84. The summed E-state index contributed by atoms with van der Waals surface area (Å²) in [5.41, 5.74) is 6.98. The van der Waals surface area contributed by atoms with Crippen molar-refractivity contribution < 1.29 is 9.59 Å². The predicted octanol–water partition coefficient (Wildman–Crippen LogP) is 4.19. The zero-order valence-corrected chi connectivity index (χ0v) is 19.1. The number of hydrogen-bond donors (Lipinski definition) is 2. The molecule has 0 spiro atoms. The second kappa shape index (κ2) is 10.6. The minimum Gasteiger partial charge on any atom is -0.343 e. The van der Waals surface area contributed by atoms with Gasteiger partial charge in [0.2, 0.25) is 11.8 Å². The molecular formula is C26H30N4O2. The average molecular weight is 431 g/mol. The molecule has 0 aliphatic rings. The maximum absolute atomic E-state index is 12.2. The van der Waals surface area contributed by atoms with Gasteiger partial charge in [-0.25, -0.2) is 0 Å². The van der Waals surface area contributed by atoms with E-state index < -0.39 is 0 Å². The van der Waals surface area contributed by atoms with Crippen molar-refractivity contribution in [2.24, 2.45) is 0 Å². The summed E-state index contributed by atoms with van der Waals surface area (Å²) >= 11 is 0. The molecule has 2 aromatic carbocycles. The minimum atomic E-state index is -0.325. The van der Waals surface area contributed by atoms with Gasteiger partial charge in [0, 0.05) is 23.0 Å². The Bertz CT molecular complexity index is 1130. The van der Waals surface area contributed by atoms with Gasteiger partial charge in [-0.15, -0.1) is 0 Å². The highest BCUT2D eigenvalue weighted by Crippen LogP contribution is 2.17. The summed E-state index contributed by atoms with van der Waals surface area (Å²) in [5, 5.41) is 10.1. The Morgan fingerprint density at radius 1 is 1.03 bits per heavy atom. The molecular weight excluding hydrogens is 400 g/mol. The fraction of sp³-hybridized carbons (Fsp3) is 0.269. The molecule has 3 aromatic rings. The highest BCUT2D eigenvalue weighted by Gasteiger charge is 2.11. The first-order valence-electron chi connectivity index (χ1n) is 10.8. The lowest BCUT2D eigenvalue weighted by atomic mass is 10.1. The van der Waals surface area contributed by atoms with Crippen LogP contribution in [0.1, 0.15) is 40.6 Å². The number of amides is 2. The summed E-state index contributed by atoms with van der Waals surface area (Å²) in [6, 6.07) is 16.0. The van der Waals surface area contributed by atoms with E-state index in [0.717, 1.165) is 34.6 Å². The molecule has 3 rings (SSSR count). The molecule has 0 saturated carbocycles. The van der Waals surface area contributed by atoms with Gasteiger partial charge in [0.1, 0.15) is 0 Å². The van der Waals surface area contributed by atoms with Crippen molar-refractivity contribution in [3.8, 4) is 0 Å². The molecule has 1 aromatic heterocycles. The molecule has 0 bridgehead atoms. The monoisotopic (exact) mass is 430 g/mol. The van der Waals surface area contributed by atoms with Crippen LogP contribution in [-0.4, -0.2) is 28.1 Å². The van der Waals surface area contributed by atoms with Crippen LogP contribution in [-0.2, 0) is 22.6 Å². The SMILES string of the molecule is CCc1ccccc1NC(=O)CNC(=O)/C=C/c1c(C)nn(Cc2ccc(C)cc2)c1C. The van der Waals surface area contributed by atoms with E-state index >= 15 is 0 Å². The van der Waals surface area contributed by atoms with Crippen LogP contribution in [0, 0.1) is 20.8 Å². The molecule has 6 nitrogen and oxygen atoms in total. The average Bonchev–Trinajstić information content (AvgIpc) is 3.05. The zero-order chi connectivity index (χ0) is 23.1. The molecule has 0 aliphatic carbocycles. The molecule has 0 aliphatic heterocycles. The number of anilines is 1. The van der Waals surface area contributed by atoms with Gasteiger partial charge in [-0.1, -0.05) is 55.0 Å². The highest BCUT2D eigenvalue weighted by atomic mass is 16.2. The van der Waals surface area contributed by atoms with Crippen LogP contribution >= 0.6 is 0 Å². The largest absolute Gasteiger partial charge is 0.343 e. The Balaban J connectivity index is 1.57. The second-order valence-electron chi connectivity index (χ2n) is 7.84. The lowest BCUT2D eigenvalue weighted by Crippen LogP contribution is -2.31. The first kappa shape index (κ1) is 23.0. The van der Waals surface area contributed by atoms with Crippen molar-refractivity contribution in [2.75, 3.05) is 11.9 Å². The molecule has 32 heavy (non-hydrogen) atoms. The number of carbonyl (C=O) groups is 2. The number of aromatic nitrogens is 2. The van der Waals surface area contributed by atoms with Gasteiger partial charge in [0.05, 0.1) is 18.8 Å². The van der Waals surface area contributed by atoms with E-state index in [4.69, 9.17) is 0 Å². The quantitative estimate of drug-likeness (QED) is 0.526. The first-order chi connectivity index (χ1) is 15.4. The van der Waals surface area contributed by atoms with E-state index in [1.165, 1.54) is 17.2 Å². The number of aryl methyl sites for hydroxylation is 3. The summed E-state index contributed by atoms with van der Waals surface area (Å²) in [7, 11) is 0. The zero-order valence-electron chi connectivity index (χ0n) is 19.1. The smallest absolute Gasteiger partial charge is 0.244 e. The molecule has 166 valence electrons. The van der Waals surface area contributed by atoms with Crippen molar-refractivity contribution in [1.29, 1.82) is 0 Å². The molecule has 1 heterocycles. The van der Waals surface area contributed by atoms with Crippen molar-refractivity contribution in [1.82, 2.24) is 15.1 Å². The van der Waals surface area contributed by atoms with Gasteiger partial charge < -0.3 is 10.6 Å². The fourth-order valence-electron chi connectivity index (χ4n) is 3.50. The number of nitrogens with one attached hydrogen (secondary N) is 2. The summed E-state index contributed by atoms with van der Waals surface area (Å²) in [4.78, 5) is 24.4. The normalized spacial score (nSPS) is 11.0. The summed E-state index contributed by atoms with van der Waals surface area (Å²) in [5.74, 6) is -0.583. The van der Waals surface area contributed by atoms with Gasteiger partial charge in [-0.05, 0) is 50.5 Å². The van der Waals surface area contributed by atoms with Crippen LogP contribution in [0.5, 0.6) is 0 Å². The van der Waals surface area contributed by atoms with Gasteiger partial charge in [0.25, 0.3) is 0 Å². The van der Waals surface area contributed by atoms with Crippen molar-refractivity contribution in [3.63, 3.8) is 0 Å². The van der Waals surface area contributed by atoms with Crippen molar-refractivity contribution in [3.05, 3.63) is 88.2 Å². The molecule has 0 atom stereocenters. The van der Waals surface area contributed by atoms with E-state index in [0.29, 0.717) is 6.54 Å². The third kappa shape index (κ3) is 5.94. The van der Waals surface area contributed by atoms with Crippen LogP contribution in [0.2, 0.25) is 0 Å². The van der Waals surface area contributed by atoms with Gasteiger partial charge in [0.15, 0.2) is 0 Å². The van der Waals surface area contributed by atoms with E-state index in [9.17, 15) is 9.59 Å². The standard InChI is InChI=1S/C26H30N4O2/c1-5-22-8-6-7-9-24(22)28-26(32)16-27-25(31)15-14-23-19(3)29-30(20(23)4)17-21-12-10-18(2)11-13-21/h6-15H,5,16-17H2,1-4H3,(H,27,31)(H,28,32)/b15-14+. The Morgan fingerprint density at radius 3 is 2.47 bits per heavy atom. The maximum Gasteiger partial charge on any atom is 0.244 e. The van der Waals surface area contributed by atoms with E-state index in [1.807, 2.05) is 49.7 Å². The lowest BCUT2D eigenvalue weighted by molar-refractivity contribution is -0.121. The van der Waals surface area contributed by atoms with E-state index in [1.54, 1.807) is 6.08 Å². The van der Waals surface area contributed by atoms with Crippen molar-refractivity contribution >= 4 is 23.6 Å². The number of rotatable bonds is 8. The van der Waals surface area contributed by atoms with E-state index in [2.05, 4.69) is 46.9 Å². The third-order valence-electron chi connectivity index (χ3n) is 5.39. The van der Waals surface area contributed by atoms with Gasteiger partial charge in [-0.2, -0.15) is 5.10 Å². The minimum absolute atomic E-state index is 0.0914. The summed E-state index contributed by atoms with van der Waals surface area (Å²) in [6.45, 7) is 8.59.